The lowest BCUT2D eigenvalue weighted by molar-refractivity contribution is -0.119. The number of aliphatic imine (C=N–C) groups is 2. The second kappa shape index (κ2) is 8.68. The maximum Gasteiger partial charge on any atom is 0.220 e. The smallest absolute Gasteiger partial charge is 0.220 e. The van der Waals surface area contributed by atoms with Crippen molar-refractivity contribution in [2.45, 2.75) is 50.4 Å². The Bertz CT molecular complexity index is 1110. The zero-order valence-electron chi connectivity index (χ0n) is 19.6. The summed E-state index contributed by atoms with van der Waals surface area (Å²) < 4.78 is 0. The molecular formula is C29H33N3O2. The number of benzene rings is 2. The third-order valence-electron chi connectivity index (χ3n) is 8.85. The van der Waals surface area contributed by atoms with E-state index in [9.17, 15) is 9.90 Å². The number of rotatable bonds is 3. The summed E-state index contributed by atoms with van der Waals surface area (Å²) in [5.74, 6) is 2.49. The van der Waals surface area contributed by atoms with E-state index in [0.29, 0.717) is 23.0 Å². The molecule has 2 aliphatic heterocycles. The standard InChI is InChI=1S/C29H33N3O2/c33-19-20-15-29(16-20)10-12-32(13-11-29)28-30-17-23(18-31-28)27-25(21-4-2-1-3-5-21)8-6-22-14-24(34)7-9-26(22)27/h1-5,7,9,14,17,19-20,23,25,27,34H,6,8,10-13,15-16,18H2/t23?,25-,27+/m1/s1. The number of hydrogen-bond acceptors (Lipinski definition) is 5. The van der Waals surface area contributed by atoms with Crippen molar-refractivity contribution >= 4 is 18.5 Å². The molecule has 6 rings (SSSR count). The number of carbonyl (C=O) groups is 1. The van der Waals surface area contributed by atoms with Crippen LogP contribution in [0.2, 0.25) is 0 Å². The molecule has 0 radical (unpaired) electrons. The number of aldehydes is 1. The minimum absolute atomic E-state index is 0.244. The Morgan fingerprint density at radius 2 is 1.85 bits per heavy atom. The number of likely N-dealkylation sites (tertiary alicyclic amines) is 1. The van der Waals surface area contributed by atoms with E-state index < -0.39 is 0 Å². The highest BCUT2D eigenvalue weighted by molar-refractivity contribution is 5.90. The van der Waals surface area contributed by atoms with Crippen molar-refractivity contribution in [1.82, 2.24) is 4.90 Å². The van der Waals surface area contributed by atoms with Crippen LogP contribution < -0.4 is 0 Å². The lowest BCUT2D eigenvalue weighted by Gasteiger charge is -2.51. The Morgan fingerprint density at radius 1 is 1.06 bits per heavy atom. The Kier molecular flexibility index (Phi) is 5.51. The summed E-state index contributed by atoms with van der Waals surface area (Å²) in [7, 11) is 0. The van der Waals surface area contributed by atoms with Crippen molar-refractivity contribution in [2.24, 2.45) is 27.2 Å². The summed E-state index contributed by atoms with van der Waals surface area (Å²) in [6.07, 6.45) is 9.78. The number of piperidine rings is 1. The highest BCUT2D eigenvalue weighted by Crippen LogP contribution is 2.52. The first kappa shape index (κ1) is 21.6. The first-order valence-electron chi connectivity index (χ1n) is 12.8. The van der Waals surface area contributed by atoms with Crippen molar-refractivity contribution in [2.75, 3.05) is 19.6 Å². The fourth-order valence-electron chi connectivity index (χ4n) is 7.01. The Balaban J connectivity index is 1.20. The normalized spacial score (nSPS) is 28.2. The quantitative estimate of drug-likeness (QED) is 0.666. The van der Waals surface area contributed by atoms with Crippen LogP contribution in [0.3, 0.4) is 0 Å². The molecule has 5 nitrogen and oxygen atoms in total. The molecule has 1 saturated heterocycles. The molecule has 5 heteroatoms. The number of carbonyl (C=O) groups excluding carboxylic acids is 1. The van der Waals surface area contributed by atoms with Gasteiger partial charge in [0.05, 0.1) is 6.54 Å². The molecule has 2 heterocycles. The van der Waals surface area contributed by atoms with Gasteiger partial charge in [0.15, 0.2) is 0 Å². The van der Waals surface area contributed by atoms with Gasteiger partial charge in [-0.05, 0) is 78.7 Å². The molecule has 2 aromatic carbocycles. The van der Waals surface area contributed by atoms with Crippen molar-refractivity contribution in [1.29, 1.82) is 0 Å². The molecule has 3 atom stereocenters. The molecule has 1 spiro atoms. The minimum atomic E-state index is 0.244. The largest absolute Gasteiger partial charge is 0.508 e. The van der Waals surface area contributed by atoms with Gasteiger partial charge < -0.3 is 14.8 Å². The summed E-state index contributed by atoms with van der Waals surface area (Å²) in [5, 5.41) is 10.1. The van der Waals surface area contributed by atoms with Gasteiger partial charge in [-0.15, -0.1) is 0 Å². The van der Waals surface area contributed by atoms with Gasteiger partial charge in [0.1, 0.15) is 12.0 Å². The zero-order chi connectivity index (χ0) is 23.1. The summed E-state index contributed by atoms with van der Waals surface area (Å²) >= 11 is 0. The second-order valence-corrected chi connectivity index (χ2v) is 10.8. The minimum Gasteiger partial charge on any atom is -0.508 e. The fourth-order valence-corrected chi connectivity index (χ4v) is 7.01. The van der Waals surface area contributed by atoms with E-state index in [1.165, 1.54) is 16.7 Å². The van der Waals surface area contributed by atoms with Gasteiger partial charge in [-0.2, -0.15) is 0 Å². The van der Waals surface area contributed by atoms with Gasteiger partial charge in [-0.3, -0.25) is 4.99 Å². The lowest BCUT2D eigenvalue weighted by atomic mass is 9.58. The molecule has 0 amide bonds. The molecule has 2 aromatic rings. The number of hydrogen-bond donors (Lipinski definition) is 1. The van der Waals surface area contributed by atoms with E-state index in [2.05, 4.69) is 47.5 Å². The van der Waals surface area contributed by atoms with Gasteiger partial charge in [0.2, 0.25) is 5.96 Å². The summed E-state index contributed by atoms with van der Waals surface area (Å²) in [6.45, 7) is 2.73. The third-order valence-corrected chi connectivity index (χ3v) is 8.85. The third kappa shape index (κ3) is 3.85. The molecule has 1 N–H and O–H groups in total. The van der Waals surface area contributed by atoms with Crippen LogP contribution in [0.25, 0.3) is 0 Å². The average Bonchev–Trinajstić information content (AvgIpc) is 2.87. The molecule has 0 bridgehead atoms. The van der Waals surface area contributed by atoms with E-state index >= 15 is 0 Å². The molecule has 4 aliphatic rings. The predicted molar refractivity (Wildman–Crippen MR) is 135 cm³/mol. The Labute approximate surface area is 201 Å². The Hall–Kier alpha value is -2.95. The van der Waals surface area contributed by atoms with Crippen molar-refractivity contribution in [3.8, 4) is 5.75 Å². The SMILES string of the molecule is O=CC1CC2(CCN(C3=NCC([C@@H]4c5ccc(O)cc5CC[C@@H]4c4ccccc4)C=N3)CC2)C1. The van der Waals surface area contributed by atoms with Gasteiger partial charge in [0.25, 0.3) is 0 Å². The Morgan fingerprint density at radius 3 is 2.56 bits per heavy atom. The molecule has 2 aliphatic carbocycles. The maximum absolute atomic E-state index is 11.0. The monoisotopic (exact) mass is 455 g/mol. The molecule has 0 aromatic heterocycles. The van der Waals surface area contributed by atoms with E-state index in [0.717, 1.165) is 70.4 Å². The topological polar surface area (TPSA) is 65.3 Å². The first-order valence-corrected chi connectivity index (χ1v) is 12.8. The van der Waals surface area contributed by atoms with Crippen LogP contribution in [-0.2, 0) is 11.2 Å². The van der Waals surface area contributed by atoms with Gasteiger partial charge >= 0.3 is 0 Å². The van der Waals surface area contributed by atoms with Crippen molar-refractivity contribution in [3.63, 3.8) is 0 Å². The van der Waals surface area contributed by atoms with Crippen LogP contribution in [0.4, 0.5) is 0 Å². The van der Waals surface area contributed by atoms with Crippen LogP contribution >= 0.6 is 0 Å². The van der Waals surface area contributed by atoms with Crippen LogP contribution in [0.1, 0.15) is 60.6 Å². The number of aromatic hydroxyl groups is 1. The highest BCUT2D eigenvalue weighted by atomic mass is 16.3. The number of phenolic OH excluding ortho intramolecular Hbond substituents is 1. The van der Waals surface area contributed by atoms with Crippen molar-refractivity contribution in [3.05, 3.63) is 65.2 Å². The average molecular weight is 456 g/mol. The molecule has 34 heavy (non-hydrogen) atoms. The van der Waals surface area contributed by atoms with E-state index in [4.69, 9.17) is 9.98 Å². The van der Waals surface area contributed by atoms with Crippen LogP contribution in [0.15, 0.2) is 58.5 Å². The fraction of sp³-hybridized carbons (Fsp3) is 0.483. The number of phenols is 1. The summed E-state index contributed by atoms with van der Waals surface area (Å²) in [5.41, 5.74) is 4.37. The van der Waals surface area contributed by atoms with Crippen LogP contribution in [0.5, 0.6) is 5.75 Å². The molecule has 1 unspecified atom stereocenters. The highest BCUT2D eigenvalue weighted by Gasteiger charge is 2.46. The maximum atomic E-state index is 11.0. The van der Waals surface area contributed by atoms with E-state index in [1.807, 2.05) is 12.1 Å². The van der Waals surface area contributed by atoms with Crippen LogP contribution in [0, 0.1) is 17.3 Å². The molecule has 1 saturated carbocycles. The number of nitrogens with zero attached hydrogens (tertiary/aromatic N) is 3. The van der Waals surface area contributed by atoms with Gasteiger partial charge in [-0.25, -0.2) is 4.99 Å². The molecular weight excluding hydrogens is 422 g/mol. The van der Waals surface area contributed by atoms with Crippen molar-refractivity contribution < 1.29 is 9.90 Å². The van der Waals surface area contributed by atoms with Gasteiger partial charge in [-0.1, -0.05) is 36.4 Å². The number of guanidine groups is 1. The van der Waals surface area contributed by atoms with Crippen LogP contribution in [-0.4, -0.2) is 48.1 Å². The summed E-state index contributed by atoms with van der Waals surface area (Å²) in [4.78, 5) is 23.3. The van der Waals surface area contributed by atoms with E-state index in [1.54, 1.807) is 0 Å². The predicted octanol–water partition coefficient (Wildman–Crippen LogP) is 4.95. The molecule has 176 valence electrons. The first-order chi connectivity index (χ1) is 16.6. The lowest BCUT2D eigenvalue weighted by Crippen LogP contribution is -2.49. The number of aryl methyl sites for hydroxylation is 1. The molecule has 2 fully saturated rings. The number of fused-ring (bicyclic) bond motifs is 1. The van der Waals surface area contributed by atoms with Gasteiger partial charge in [0, 0.05) is 37.1 Å². The van der Waals surface area contributed by atoms with E-state index in [-0.39, 0.29) is 11.8 Å². The zero-order valence-corrected chi connectivity index (χ0v) is 19.6. The summed E-state index contributed by atoms with van der Waals surface area (Å²) in [6, 6.07) is 16.7. The second-order valence-electron chi connectivity index (χ2n) is 10.8.